The van der Waals surface area contributed by atoms with Crippen LogP contribution in [0.5, 0.6) is 0 Å². The van der Waals surface area contributed by atoms with E-state index < -0.39 is 11.5 Å². The smallest absolute Gasteiger partial charge is 0.360 e. The highest BCUT2D eigenvalue weighted by atomic mass is 35.5. The molecule has 1 aromatic heterocycles. The van der Waals surface area contributed by atoms with Crippen LogP contribution in [0, 0.1) is 6.92 Å². The molecule has 0 N–H and O–H groups in total. The molecule has 0 spiro atoms. The van der Waals surface area contributed by atoms with Crippen molar-refractivity contribution < 1.29 is 9.53 Å². The van der Waals surface area contributed by atoms with E-state index in [0.717, 1.165) is 5.69 Å². The Morgan fingerprint density at radius 2 is 2.23 bits per heavy atom. The molecule has 0 fully saturated rings. The number of rotatable bonds is 2. The quantitative estimate of drug-likeness (QED) is 0.537. The molecule has 0 bridgehead atoms. The van der Waals surface area contributed by atoms with Gasteiger partial charge in [0, 0.05) is 6.20 Å². The number of hydrogen-bond acceptors (Lipinski definition) is 4. The summed E-state index contributed by atoms with van der Waals surface area (Å²) in [6.45, 7) is 3.34. The van der Waals surface area contributed by atoms with Crippen LogP contribution < -0.4 is 0 Å². The van der Waals surface area contributed by atoms with Crippen molar-refractivity contribution in [3.63, 3.8) is 0 Å². The molecule has 1 unspecified atom stereocenters. The molecular formula is C8H9ClN2O2. The fourth-order valence-corrected chi connectivity index (χ4v) is 0.787. The highest BCUT2D eigenvalue weighted by Crippen LogP contribution is 2.02. The summed E-state index contributed by atoms with van der Waals surface area (Å²) in [5, 5.41) is 0. The highest BCUT2D eigenvalue weighted by molar-refractivity contribution is 6.20. The molecule has 0 saturated heterocycles. The van der Waals surface area contributed by atoms with Crippen molar-refractivity contribution in [3.8, 4) is 0 Å². The summed E-state index contributed by atoms with van der Waals surface area (Å²) in [6.07, 6.45) is 2.85. The van der Waals surface area contributed by atoms with Gasteiger partial charge < -0.3 is 4.74 Å². The van der Waals surface area contributed by atoms with E-state index in [1.165, 1.54) is 12.4 Å². The van der Waals surface area contributed by atoms with Crippen LogP contribution in [0.4, 0.5) is 0 Å². The molecule has 4 nitrogen and oxygen atoms in total. The first-order valence-corrected chi connectivity index (χ1v) is 4.17. The Morgan fingerprint density at radius 1 is 1.54 bits per heavy atom. The summed E-state index contributed by atoms with van der Waals surface area (Å²) < 4.78 is 4.70. The Balaban J connectivity index is 2.72. The van der Waals surface area contributed by atoms with E-state index >= 15 is 0 Å². The van der Waals surface area contributed by atoms with E-state index in [4.69, 9.17) is 16.3 Å². The van der Waals surface area contributed by atoms with Crippen LogP contribution in [-0.4, -0.2) is 21.5 Å². The molecule has 0 amide bonds. The number of halogens is 1. The summed E-state index contributed by atoms with van der Waals surface area (Å²) >= 11 is 5.46. The summed E-state index contributed by atoms with van der Waals surface area (Å²) in [4.78, 5) is 18.9. The lowest BCUT2D eigenvalue weighted by atomic mass is 10.4. The van der Waals surface area contributed by atoms with Gasteiger partial charge in [-0.3, -0.25) is 4.98 Å². The van der Waals surface area contributed by atoms with Gasteiger partial charge >= 0.3 is 5.97 Å². The number of hydrogen-bond donors (Lipinski definition) is 0. The lowest BCUT2D eigenvalue weighted by molar-refractivity contribution is 0.0464. The lowest BCUT2D eigenvalue weighted by Crippen LogP contribution is -2.11. The van der Waals surface area contributed by atoms with Crippen molar-refractivity contribution in [2.24, 2.45) is 0 Å². The van der Waals surface area contributed by atoms with Gasteiger partial charge in [-0.05, 0) is 13.8 Å². The first-order valence-electron chi connectivity index (χ1n) is 3.73. The Hall–Kier alpha value is -1.16. The van der Waals surface area contributed by atoms with Crippen LogP contribution in [0.2, 0.25) is 0 Å². The van der Waals surface area contributed by atoms with Crippen LogP contribution in [0.15, 0.2) is 12.4 Å². The van der Waals surface area contributed by atoms with Crippen molar-refractivity contribution in [2.45, 2.75) is 19.4 Å². The third kappa shape index (κ3) is 2.99. The Bertz CT molecular complexity index is 298. The number of alkyl halides is 1. The van der Waals surface area contributed by atoms with Crippen molar-refractivity contribution in [3.05, 3.63) is 23.8 Å². The van der Waals surface area contributed by atoms with E-state index in [9.17, 15) is 4.79 Å². The minimum atomic E-state index is -0.657. The van der Waals surface area contributed by atoms with E-state index in [1.54, 1.807) is 13.8 Å². The van der Waals surface area contributed by atoms with Crippen molar-refractivity contribution in [1.82, 2.24) is 9.97 Å². The average molecular weight is 201 g/mol. The summed E-state index contributed by atoms with van der Waals surface area (Å²) in [6, 6.07) is 0. The minimum Gasteiger partial charge on any atom is -0.442 e. The molecule has 0 aliphatic carbocycles. The molecular weight excluding hydrogens is 192 g/mol. The van der Waals surface area contributed by atoms with E-state index in [0.29, 0.717) is 0 Å². The summed E-state index contributed by atoms with van der Waals surface area (Å²) in [7, 11) is 0. The number of aromatic nitrogens is 2. The summed E-state index contributed by atoms with van der Waals surface area (Å²) in [5.41, 5.74) is 0.254. The van der Waals surface area contributed by atoms with Crippen LogP contribution in [0.25, 0.3) is 0 Å². The van der Waals surface area contributed by atoms with Gasteiger partial charge in [-0.1, -0.05) is 11.6 Å². The van der Waals surface area contributed by atoms with Gasteiger partial charge in [-0.2, -0.15) is 0 Å². The van der Waals surface area contributed by atoms with E-state index in [1.807, 2.05) is 0 Å². The standard InChI is InChI=1S/C8H9ClN2O2/c1-5-3-11-7(4-10-5)8(12)13-6(2)9/h3-4,6H,1-2H3. The van der Waals surface area contributed by atoms with Crippen LogP contribution >= 0.6 is 11.6 Å². The Morgan fingerprint density at radius 3 is 2.69 bits per heavy atom. The van der Waals surface area contributed by atoms with Crippen LogP contribution in [0.3, 0.4) is 0 Å². The first-order chi connectivity index (χ1) is 6.09. The fourth-order valence-electron chi connectivity index (χ4n) is 0.706. The van der Waals surface area contributed by atoms with Gasteiger partial charge in [-0.25, -0.2) is 9.78 Å². The molecule has 1 atom stereocenters. The van der Waals surface area contributed by atoms with Gasteiger partial charge in [0.05, 0.1) is 11.9 Å². The SMILES string of the molecule is Cc1cnc(C(=O)OC(C)Cl)cn1. The largest absolute Gasteiger partial charge is 0.442 e. The second-order valence-corrected chi connectivity index (χ2v) is 3.11. The molecule has 1 heterocycles. The molecule has 0 radical (unpaired) electrons. The maximum Gasteiger partial charge on any atom is 0.360 e. The number of carbonyl (C=O) groups excluding carboxylic acids is 1. The Kier molecular flexibility index (Phi) is 3.19. The number of esters is 1. The third-order valence-corrected chi connectivity index (χ3v) is 1.35. The van der Waals surface area contributed by atoms with Crippen LogP contribution in [0.1, 0.15) is 23.1 Å². The molecule has 0 aromatic carbocycles. The predicted molar refractivity (Wildman–Crippen MR) is 47.5 cm³/mol. The molecule has 0 aliphatic heterocycles. The summed E-state index contributed by atoms with van der Waals surface area (Å²) in [5.74, 6) is -0.560. The zero-order valence-corrected chi connectivity index (χ0v) is 8.08. The number of carbonyl (C=O) groups is 1. The normalized spacial score (nSPS) is 12.2. The van der Waals surface area contributed by atoms with E-state index in [2.05, 4.69) is 9.97 Å². The van der Waals surface area contributed by atoms with Gasteiger partial charge in [0.15, 0.2) is 11.3 Å². The fraction of sp³-hybridized carbons (Fsp3) is 0.375. The number of ether oxygens (including phenoxy) is 1. The maximum absolute atomic E-state index is 11.2. The van der Waals surface area contributed by atoms with Gasteiger partial charge in [-0.15, -0.1) is 0 Å². The average Bonchev–Trinajstić information content (AvgIpc) is 2.04. The zero-order valence-electron chi connectivity index (χ0n) is 7.32. The molecule has 0 saturated carbocycles. The van der Waals surface area contributed by atoms with Crippen molar-refractivity contribution in [2.75, 3.05) is 0 Å². The molecule has 5 heteroatoms. The zero-order chi connectivity index (χ0) is 9.84. The second-order valence-electron chi connectivity index (χ2n) is 2.49. The van der Waals surface area contributed by atoms with Crippen molar-refractivity contribution >= 4 is 17.6 Å². The van der Waals surface area contributed by atoms with Crippen LogP contribution in [-0.2, 0) is 4.74 Å². The number of nitrogens with zero attached hydrogens (tertiary/aromatic N) is 2. The highest BCUT2D eigenvalue weighted by Gasteiger charge is 2.11. The third-order valence-electron chi connectivity index (χ3n) is 1.26. The monoisotopic (exact) mass is 200 g/mol. The van der Waals surface area contributed by atoms with Gasteiger partial charge in [0.2, 0.25) is 0 Å². The maximum atomic E-state index is 11.2. The molecule has 1 rings (SSSR count). The topological polar surface area (TPSA) is 52.1 Å². The second kappa shape index (κ2) is 4.18. The predicted octanol–water partition coefficient (Wildman–Crippen LogP) is 1.53. The molecule has 1 aromatic rings. The van der Waals surface area contributed by atoms with Gasteiger partial charge in [0.25, 0.3) is 0 Å². The first kappa shape index (κ1) is 9.92. The minimum absolute atomic E-state index is 0.165. The van der Waals surface area contributed by atoms with Crippen molar-refractivity contribution in [1.29, 1.82) is 0 Å². The lowest BCUT2D eigenvalue weighted by Gasteiger charge is -2.04. The number of aryl methyl sites for hydroxylation is 1. The Labute approximate surface area is 80.9 Å². The molecule has 70 valence electrons. The van der Waals surface area contributed by atoms with Gasteiger partial charge in [0.1, 0.15) is 0 Å². The van der Waals surface area contributed by atoms with E-state index in [-0.39, 0.29) is 5.69 Å². The molecule has 0 aliphatic rings. The molecule has 13 heavy (non-hydrogen) atoms.